The summed E-state index contributed by atoms with van der Waals surface area (Å²) in [7, 11) is 0. The molecule has 2 heteroatoms. The molecular weight excluding hydrogens is 677 g/mol. The molecule has 0 aliphatic heterocycles. The van der Waals surface area contributed by atoms with Gasteiger partial charge in [-0.2, -0.15) is 0 Å². The van der Waals surface area contributed by atoms with Crippen LogP contribution in [-0.2, 0) is 12.8 Å². The first-order valence-corrected chi connectivity index (χ1v) is 19.9. The average Bonchev–Trinajstić information content (AvgIpc) is 4.10. The van der Waals surface area contributed by atoms with Gasteiger partial charge in [0.2, 0.25) is 0 Å². The van der Waals surface area contributed by atoms with Crippen molar-refractivity contribution in [3.63, 3.8) is 0 Å². The lowest BCUT2D eigenvalue weighted by atomic mass is 9.87. The van der Waals surface area contributed by atoms with Crippen molar-refractivity contribution in [2.24, 2.45) is 0 Å². The van der Waals surface area contributed by atoms with Crippen LogP contribution in [0.15, 0.2) is 206 Å². The molecule has 56 heavy (non-hydrogen) atoms. The highest BCUT2D eigenvalue weighted by Crippen LogP contribution is 2.45. The molecule has 0 heterocycles. The minimum Gasteiger partial charge on any atom is -0.310 e. The standard InChI is InChI=1S/C54H46N2/c1-40-18-14-15-19-42(40)36-44-38-50(55(46-21-6-2-7-22-46)47-23-8-3-9-24-47)32-34-53(44)54-35-33-51(39-45(54)37-43-20-16-17-29-52(43)41-30-31-41)56(48-25-10-4-11-26-48)49-27-12-5-13-28-49/h2-29,32-35,38-39,41H,30-31,36-37H2,1H3. The second-order valence-electron chi connectivity index (χ2n) is 14.9. The molecule has 1 aliphatic carbocycles. The minimum atomic E-state index is 0.667. The Kier molecular flexibility index (Phi) is 10.0. The van der Waals surface area contributed by atoms with Crippen molar-refractivity contribution in [3.8, 4) is 11.1 Å². The van der Waals surface area contributed by atoms with Crippen molar-refractivity contribution >= 4 is 34.1 Å². The normalized spacial score (nSPS) is 12.3. The monoisotopic (exact) mass is 722 g/mol. The third-order valence-corrected chi connectivity index (χ3v) is 11.1. The van der Waals surface area contributed by atoms with Crippen LogP contribution in [0.5, 0.6) is 0 Å². The fraction of sp³-hybridized carbons (Fsp3) is 0.111. The summed E-state index contributed by atoms with van der Waals surface area (Å²) in [6.45, 7) is 2.23. The molecule has 1 fully saturated rings. The van der Waals surface area contributed by atoms with E-state index in [0.717, 1.165) is 47.0 Å². The number of hydrogen-bond acceptors (Lipinski definition) is 2. The van der Waals surface area contributed by atoms with Crippen molar-refractivity contribution < 1.29 is 0 Å². The van der Waals surface area contributed by atoms with Gasteiger partial charge in [-0.3, -0.25) is 0 Å². The van der Waals surface area contributed by atoms with Gasteiger partial charge >= 0.3 is 0 Å². The van der Waals surface area contributed by atoms with Crippen LogP contribution in [-0.4, -0.2) is 0 Å². The van der Waals surface area contributed by atoms with E-state index in [1.54, 1.807) is 0 Å². The summed E-state index contributed by atoms with van der Waals surface area (Å²) in [5.41, 5.74) is 17.6. The average molecular weight is 723 g/mol. The third kappa shape index (κ3) is 7.52. The Morgan fingerprint density at radius 1 is 0.357 bits per heavy atom. The van der Waals surface area contributed by atoms with Gasteiger partial charge in [-0.05, 0) is 156 Å². The number of nitrogens with zero attached hydrogens (tertiary/aromatic N) is 2. The summed E-state index contributed by atoms with van der Waals surface area (Å²) in [4.78, 5) is 4.76. The van der Waals surface area contributed by atoms with Gasteiger partial charge in [0.25, 0.3) is 0 Å². The molecule has 0 bridgehead atoms. The lowest BCUT2D eigenvalue weighted by Crippen LogP contribution is -2.11. The zero-order chi connectivity index (χ0) is 37.7. The molecule has 8 aromatic carbocycles. The van der Waals surface area contributed by atoms with Crippen molar-refractivity contribution in [2.75, 3.05) is 9.80 Å². The molecule has 0 saturated heterocycles. The number of para-hydroxylation sites is 4. The largest absolute Gasteiger partial charge is 0.310 e. The second kappa shape index (κ2) is 16.0. The van der Waals surface area contributed by atoms with Crippen LogP contribution < -0.4 is 9.80 Å². The van der Waals surface area contributed by atoms with Crippen LogP contribution in [0, 0.1) is 6.92 Å². The van der Waals surface area contributed by atoms with Gasteiger partial charge in [-0.15, -0.1) is 0 Å². The SMILES string of the molecule is Cc1ccccc1Cc1cc(N(c2ccccc2)c2ccccc2)ccc1-c1ccc(N(c2ccccc2)c2ccccc2)cc1Cc1ccccc1C1CC1. The first-order valence-electron chi connectivity index (χ1n) is 19.9. The summed E-state index contributed by atoms with van der Waals surface area (Å²) in [5, 5.41) is 0. The van der Waals surface area contributed by atoms with E-state index < -0.39 is 0 Å². The minimum absolute atomic E-state index is 0.667. The molecular formula is C54H46N2. The fourth-order valence-electron chi connectivity index (χ4n) is 8.17. The van der Waals surface area contributed by atoms with Crippen LogP contribution in [0.3, 0.4) is 0 Å². The molecule has 0 amide bonds. The smallest absolute Gasteiger partial charge is 0.0464 e. The maximum absolute atomic E-state index is 2.45. The maximum Gasteiger partial charge on any atom is 0.0464 e. The van der Waals surface area contributed by atoms with Crippen LogP contribution in [0.2, 0.25) is 0 Å². The van der Waals surface area contributed by atoms with Crippen molar-refractivity contribution in [1.82, 2.24) is 0 Å². The predicted octanol–water partition coefficient (Wildman–Crippen LogP) is 14.7. The maximum atomic E-state index is 2.45. The summed E-state index contributed by atoms with van der Waals surface area (Å²) in [6.07, 6.45) is 4.24. The van der Waals surface area contributed by atoms with Gasteiger partial charge in [0, 0.05) is 34.1 Å². The lowest BCUT2D eigenvalue weighted by molar-refractivity contribution is 1.05. The van der Waals surface area contributed by atoms with E-state index in [1.807, 2.05) is 0 Å². The second-order valence-corrected chi connectivity index (χ2v) is 14.9. The Labute approximate surface area is 332 Å². The van der Waals surface area contributed by atoms with E-state index in [-0.39, 0.29) is 0 Å². The van der Waals surface area contributed by atoms with E-state index in [4.69, 9.17) is 0 Å². The summed E-state index contributed by atoms with van der Waals surface area (Å²) in [6, 6.07) is 75.1. The van der Waals surface area contributed by atoms with Crippen LogP contribution in [0.4, 0.5) is 34.1 Å². The zero-order valence-electron chi connectivity index (χ0n) is 31.9. The number of aryl methyl sites for hydroxylation is 1. The Bertz CT molecular complexity index is 2460. The molecule has 2 nitrogen and oxygen atoms in total. The molecule has 1 aliphatic rings. The molecule has 272 valence electrons. The first-order chi connectivity index (χ1) is 27.7. The Hall–Kier alpha value is -6.64. The van der Waals surface area contributed by atoms with E-state index in [2.05, 4.69) is 223 Å². The Morgan fingerprint density at radius 3 is 1.16 bits per heavy atom. The van der Waals surface area contributed by atoms with Crippen LogP contribution in [0.25, 0.3) is 11.1 Å². The zero-order valence-corrected chi connectivity index (χ0v) is 31.9. The quantitative estimate of drug-likeness (QED) is 0.124. The molecule has 0 spiro atoms. The third-order valence-electron chi connectivity index (χ3n) is 11.1. The van der Waals surface area contributed by atoms with E-state index in [9.17, 15) is 0 Å². The Morgan fingerprint density at radius 2 is 0.732 bits per heavy atom. The summed E-state index contributed by atoms with van der Waals surface area (Å²) >= 11 is 0. The van der Waals surface area contributed by atoms with Crippen molar-refractivity contribution in [2.45, 2.75) is 38.5 Å². The molecule has 0 unspecified atom stereocenters. The van der Waals surface area contributed by atoms with Gasteiger partial charge in [0.1, 0.15) is 0 Å². The molecule has 0 radical (unpaired) electrons. The van der Waals surface area contributed by atoms with E-state index in [0.29, 0.717) is 5.92 Å². The molecule has 8 aromatic rings. The first kappa shape index (κ1) is 35.1. The highest BCUT2D eigenvalue weighted by molar-refractivity contribution is 5.84. The molecule has 0 N–H and O–H groups in total. The van der Waals surface area contributed by atoms with Gasteiger partial charge in [0.15, 0.2) is 0 Å². The molecule has 9 rings (SSSR count). The van der Waals surface area contributed by atoms with Gasteiger partial charge < -0.3 is 9.80 Å². The Balaban J connectivity index is 1.24. The summed E-state index contributed by atoms with van der Waals surface area (Å²) < 4.78 is 0. The molecule has 1 saturated carbocycles. The van der Waals surface area contributed by atoms with Crippen molar-refractivity contribution in [1.29, 1.82) is 0 Å². The van der Waals surface area contributed by atoms with Gasteiger partial charge in [0.05, 0.1) is 0 Å². The van der Waals surface area contributed by atoms with Crippen LogP contribution >= 0.6 is 0 Å². The number of anilines is 6. The topological polar surface area (TPSA) is 6.48 Å². The lowest BCUT2D eigenvalue weighted by Gasteiger charge is -2.28. The van der Waals surface area contributed by atoms with Crippen molar-refractivity contribution in [3.05, 3.63) is 240 Å². The molecule has 0 aromatic heterocycles. The van der Waals surface area contributed by atoms with Crippen LogP contribution in [0.1, 0.15) is 52.1 Å². The number of benzene rings is 8. The number of hydrogen-bond donors (Lipinski definition) is 0. The molecule has 0 atom stereocenters. The highest BCUT2D eigenvalue weighted by Gasteiger charge is 2.26. The van der Waals surface area contributed by atoms with E-state index in [1.165, 1.54) is 57.3 Å². The van der Waals surface area contributed by atoms with Gasteiger partial charge in [-0.1, -0.05) is 133 Å². The van der Waals surface area contributed by atoms with Gasteiger partial charge in [-0.25, -0.2) is 0 Å². The highest BCUT2D eigenvalue weighted by atomic mass is 15.1. The summed E-state index contributed by atoms with van der Waals surface area (Å²) in [5.74, 6) is 0.667. The number of rotatable bonds is 12. The predicted molar refractivity (Wildman–Crippen MR) is 236 cm³/mol. The van der Waals surface area contributed by atoms with E-state index >= 15 is 0 Å². The fourth-order valence-corrected chi connectivity index (χ4v) is 8.17.